The fourth-order valence-corrected chi connectivity index (χ4v) is 2.79. The fraction of sp³-hybridized carbons (Fsp3) is 0.611. The minimum absolute atomic E-state index is 0.0193. The molecular formula is C18H28N2O2. The van der Waals surface area contributed by atoms with E-state index in [-0.39, 0.29) is 23.5 Å². The van der Waals surface area contributed by atoms with E-state index in [0.29, 0.717) is 13.1 Å². The van der Waals surface area contributed by atoms with E-state index in [1.54, 1.807) is 0 Å². The van der Waals surface area contributed by atoms with Crippen molar-refractivity contribution in [1.29, 1.82) is 0 Å². The summed E-state index contributed by atoms with van der Waals surface area (Å²) < 4.78 is 5.64. The molecule has 0 bridgehead atoms. The van der Waals surface area contributed by atoms with Gasteiger partial charge in [0.25, 0.3) is 0 Å². The third-order valence-electron chi connectivity index (χ3n) is 4.51. The predicted molar refractivity (Wildman–Crippen MR) is 88.8 cm³/mol. The van der Waals surface area contributed by atoms with Crippen molar-refractivity contribution < 1.29 is 9.53 Å². The Morgan fingerprint density at radius 3 is 2.55 bits per heavy atom. The van der Waals surface area contributed by atoms with Crippen molar-refractivity contribution in [2.24, 2.45) is 5.73 Å². The van der Waals surface area contributed by atoms with E-state index >= 15 is 0 Å². The maximum absolute atomic E-state index is 12.2. The maximum Gasteiger partial charge on any atom is 0.249 e. The lowest BCUT2D eigenvalue weighted by atomic mass is 9.84. The quantitative estimate of drug-likeness (QED) is 0.846. The maximum atomic E-state index is 12.2. The van der Waals surface area contributed by atoms with Crippen LogP contribution < -0.4 is 11.1 Å². The van der Waals surface area contributed by atoms with Crippen LogP contribution in [0, 0.1) is 0 Å². The molecule has 1 saturated heterocycles. The Hall–Kier alpha value is -1.39. The van der Waals surface area contributed by atoms with Gasteiger partial charge in [-0.05, 0) is 30.4 Å². The van der Waals surface area contributed by atoms with Gasteiger partial charge in [0.1, 0.15) is 6.10 Å². The summed E-state index contributed by atoms with van der Waals surface area (Å²) in [6.07, 6.45) is 2.37. The van der Waals surface area contributed by atoms with Crippen LogP contribution in [-0.2, 0) is 21.4 Å². The number of carbonyl (C=O) groups is 1. The Morgan fingerprint density at radius 2 is 2.00 bits per heavy atom. The first-order valence-electron chi connectivity index (χ1n) is 8.19. The first-order valence-corrected chi connectivity index (χ1v) is 8.19. The highest BCUT2D eigenvalue weighted by Crippen LogP contribution is 2.24. The summed E-state index contributed by atoms with van der Waals surface area (Å²) in [4.78, 5) is 12.2. The summed E-state index contributed by atoms with van der Waals surface area (Å²) >= 11 is 0. The van der Waals surface area contributed by atoms with Crippen molar-refractivity contribution >= 4 is 5.91 Å². The molecule has 1 aromatic rings. The third-order valence-corrected chi connectivity index (χ3v) is 4.51. The van der Waals surface area contributed by atoms with Gasteiger partial charge in [-0.2, -0.15) is 0 Å². The third kappa shape index (κ3) is 4.08. The van der Waals surface area contributed by atoms with Crippen molar-refractivity contribution in [2.45, 2.75) is 57.7 Å². The molecule has 1 aliphatic rings. The number of rotatable bonds is 6. The Bertz CT molecular complexity index is 496. The van der Waals surface area contributed by atoms with Crippen molar-refractivity contribution in [3.8, 4) is 0 Å². The Kier molecular flexibility index (Phi) is 5.59. The Balaban J connectivity index is 1.90. The molecular weight excluding hydrogens is 276 g/mol. The highest BCUT2D eigenvalue weighted by atomic mass is 16.5. The second-order valence-corrected chi connectivity index (χ2v) is 6.71. The first kappa shape index (κ1) is 17.0. The normalized spacial score (nSPS) is 21.8. The zero-order valence-corrected chi connectivity index (χ0v) is 13.9. The number of hydrogen-bond donors (Lipinski definition) is 2. The van der Waals surface area contributed by atoms with Gasteiger partial charge in [-0.25, -0.2) is 0 Å². The highest BCUT2D eigenvalue weighted by Gasteiger charge is 2.31. The molecule has 1 aliphatic heterocycles. The van der Waals surface area contributed by atoms with Crippen LogP contribution >= 0.6 is 0 Å². The zero-order valence-electron chi connectivity index (χ0n) is 13.9. The number of aryl methyl sites for hydroxylation is 1. The molecule has 4 heteroatoms. The molecule has 2 atom stereocenters. The predicted octanol–water partition coefficient (Wildman–Crippen LogP) is 2.15. The second-order valence-electron chi connectivity index (χ2n) is 6.71. The number of hydrogen-bond acceptors (Lipinski definition) is 3. The van der Waals surface area contributed by atoms with E-state index in [2.05, 4.69) is 50.4 Å². The molecule has 0 spiro atoms. The summed E-state index contributed by atoms with van der Waals surface area (Å²) in [7, 11) is 0. The number of ether oxygens (including phenoxy) is 1. The van der Waals surface area contributed by atoms with Crippen LogP contribution in [0.4, 0.5) is 0 Å². The van der Waals surface area contributed by atoms with E-state index < -0.39 is 0 Å². The van der Waals surface area contributed by atoms with Gasteiger partial charge < -0.3 is 15.8 Å². The van der Waals surface area contributed by atoms with Crippen LogP contribution in [-0.4, -0.2) is 31.2 Å². The fourth-order valence-electron chi connectivity index (χ4n) is 2.79. The van der Waals surface area contributed by atoms with E-state index in [0.717, 1.165) is 19.3 Å². The molecule has 4 nitrogen and oxygen atoms in total. The lowest BCUT2D eigenvalue weighted by Gasteiger charge is -2.26. The molecule has 1 heterocycles. The molecule has 1 aromatic carbocycles. The molecule has 0 unspecified atom stereocenters. The molecule has 3 N–H and O–H groups in total. The number of nitrogens with one attached hydrogen (secondary N) is 1. The molecule has 1 fully saturated rings. The van der Waals surface area contributed by atoms with E-state index in [1.807, 2.05) is 0 Å². The highest BCUT2D eigenvalue weighted by molar-refractivity contribution is 5.81. The van der Waals surface area contributed by atoms with Crippen LogP contribution in [0.2, 0.25) is 0 Å². The van der Waals surface area contributed by atoms with Gasteiger partial charge in [0, 0.05) is 18.5 Å². The number of carbonyl (C=O) groups excluding carboxylic acids is 1. The summed E-state index contributed by atoms with van der Waals surface area (Å²) in [5.41, 5.74) is 8.04. The van der Waals surface area contributed by atoms with Gasteiger partial charge in [-0.1, -0.05) is 45.0 Å². The van der Waals surface area contributed by atoms with Gasteiger partial charge in [-0.3, -0.25) is 4.79 Å². The molecule has 0 radical (unpaired) electrons. The van der Waals surface area contributed by atoms with Gasteiger partial charge in [-0.15, -0.1) is 0 Å². The Morgan fingerprint density at radius 1 is 1.32 bits per heavy atom. The summed E-state index contributed by atoms with van der Waals surface area (Å²) in [6, 6.07) is 8.62. The van der Waals surface area contributed by atoms with E-state index in [4.69, 9.17) is 10.5 Å². The lowest BCUT2D eigenvalue weighted by Crippen LogP contribution is -2.42. The van der Waals surface area contributed by atoms with E-state index in [9.17, 15) is 4.79 Å². The standard InChI is InChI=1S/C18H28N2O2/c1-4-13-5-7-14(8-6-13)18(2,3)12-20-17(21)16-10-9-15(11-19)22-16/h5-8,15-16H,4,9-12,19H2,1-3H3,(H,20,21)/t15-,16+/m1/s1. The minimum Gasteiger partial charge on any atom is -0.364 e. The second kappa shape index (κ2) is 7.25. The SMILES string of the molecule is CCc1ccc(C(C)(C)CNC(=O)[C@@H]2CC[C@H](CN)O2)cc1. The average Bonchev–Trinajstić information content (AvgIpc) is 3.02. The molecule has 0 saturated carbocycles. The molecule has 2 rings (SSSR count). The van der Waals surface area contributed by atoms with Crippen LogP contribution in [0.1, 0.15) is 44.7 Å². The lowest BCUT2D eigenvalue weighted by molar-refractivity contribution is -0.132. The Labute approximate surface area is 133 Å². The molecule has 0 aliphatic carbocycles. The van der Waals surface area contributed by atoms with Crippen LogP contribution in [0.5, 0.6) is 0 Å². The topological polar surface area (TPSA) is 64.4 Å². The number of nitrogens with two attached hydrogens (primary N) is 1. The summed E-state index contributed by atoms with van der Waals surface area (Å²) in [5, 5.41) is 3.03. The monoisotopic (exact) mass is 304 g/mol. The largest absolute Gasteiger partial charge is 0.364 e. The summed E-state index contributed by atoms with van der Waals surface area (Å²) in [6.45, 7) is 7.53. The van der Waals surface area contributed by atoms with Gasteiger partial charge in [0.05, 0.1) is 6.10 Å². The minimum atomic E-state index is -0.341. The van der Waals surface area contributed by atoms with Crippen molar-refractivity contribution in [1.82, 2.24) is 5.32 Å². The molecule has 1 amide bonds. The van der Waals surface area contributed by atoms with Crippen molar-refractivity contribution in [2.75, 3.05) is 13.1 Å². The number of amides is 1. The molecule has 122 valence electrons. The van der Waals surface area contributed by atoms with Crippen LogP contribution in [0.15, 0.2) is 24.3 Å². The van der Waals surface area contributed by atoms with Crippen LogP contribution in [0.25, 0.3) is 0 Å². The smallest absolute Gasteiger partial charge is 0.249 e. The average molecular weight is 304 g/mol. The first-order chi connectivity index (χ1) is 10.5. The molecule has 0 aromatic heterocycles. The summed E-state index contributed by atoms with van der Waals surface area (Å²) in [5.74, 6) is -0.0193. The zero-order chi connectivity index (χ0) is 16.2. The van der Waals surface area contributed by atoms with E-state index in [1.165, 1.54) is 11.1 Å². The van der Waals surface area contributed by atoms with Crippen molar-refractivity contribution in [3.05, 3.63) is 35.4 Å². The van der Waals surface area contributed by atoms with Gasteiger partial charge in [0.15, 0.2) is 0 Å². The molecule has 22 heavy (non-hydrogen) atoms. The van der Waals surface area contributed by atoms with Gasteiger partial charge >= 0.3 is 0 Å². The van der Waals surface area contributed by atoms with Gasteiger partial charge in [0.2, 0.25) is 5.91 Å². The van der Waals surface area contributed by atoms with Crippen LogP contribution in [0.3, 0.4) is 0 Å². The van der Waals surface area contributed by atoms with Crippen molar-refractivity contribution in [3.63, 3.8) is 0 Å². The number of benzene rings is 1.